The lowest BCUT2D eigenvalue weighted by Crippen LogP contribution is -2.23. The fourth-order valence-electron chi connectivity index (χ4n) is 3.39. The second kappa shape index (κ2) is 7.24. The molecule has 8 heteroatoms. The van der Waals surface area contributed by atoms with Crippen LogP contribution in [0.25, 0.3) is 11.1 Å². The van der Waals surface area contributed by atoms with Gasteiger partial charge >= 0.3 is 6.18 Å². The van der Waals surface area contributed by atoms with Crippen molar-refractivity contribution in [2.45, 2.75) is 48.6 Å². The van der Waals surface area contributed by atoms with Gasteiger partial charge in [0.1, 0.15) is 0 Å². The van der Waals surface area contributed by atoms with Crippen LogP contribution >= 0.6 is 0 Å². The van der Waals surface area contributed by atoms with Crippen molar-refractivity contribution in [2.24, 2.45) is 0 Å². The van der Waals surface area contributed by atoms with Crippen LogP contribution in [0.1, 0.15) is 30.5 Å². The minimum absolute atomic E-state index is 0.208. The van der Waals surface area contributed by atoms with Crippen molar-refractivity contribution >= 4 is 9.84 Å². The van der Waals surface area contributed by atoms with Crippen LogP contribution in [0.2, 0.25) is 0 Å². The summed E-state index contributed by atoms with van der Waals surface area (Å²) in [4.78, 5) is 3.42. The van der Waals surface area contributed by atoms with Crippen molar-refractivity contribution in [2.75, 3.05) is 7.11 Å². The summed E-state index contributed by atoms with van der Waals surface area (Å²) < 4.78 is 71.9. The molecule has 2 aromatic rings. The summed E-state index contributed by atoms with van der Waals surface area (Å²) in [6, 6.07) is 6.70. The lowest BCUT2D eigenvalue weighted by Gasteiger charge is -2.18. The second-order valence-corrected chi connectivity index (χ2v) is 8.93. The Morgan fingerprint density at radius 2 is 1.81 bits per heavy atom. The number of ether oxygens (including phenoxy) is 1. The van der Waals surface area contributed by atoms with Crippen LogP contribution in [0.4, 0.5) is 13.2 Å². The van der Waals surface area contributed by atoms with Crippen LogP contribution in [0, 0.1) is 6.92 Å². The molecule has 1 aromatic heterocycles. The van der Waals surface area contributed by atoms with Gasteiger partial charge in [0.05, 0.1) is 21.8 Å². The van der Waals surface area contributed by atoms with E-state index in [0.717, 1.165) is 17.8 Å². The number of benzene rings is 1. The average molecular weight is 399 g/mol. The molecule has 1 heterocycles. The van der Waals surface area contributed by atoms with Gasteiger partial charge in [0.15, 0.2) is 9.84 Å². The number of aromatic nitrogens is 1. The van der Waals surface area contributed by atoms with E-state index in [9.17, 15) is 21.6 Å². The number of halogens is 3. The molecule has 1 aliphatic rings. The second-order valence-electron chi connectivity index (χ2n) is 6.73. The van der Waals surface area contributed by atoms with Crippen LogP contribution in [-0.4, -0.2) is 31.9 Å². The van der Waals surface area contributed by atoms with E-state index < -0.39 is 31.7 Å². The fourth-order valence-corrected chi connectivity index (χ4v) is 5.41. The molecule has 0 spiro atoms. The monoisotopic (exact) mass is 399 g/mol. The third-order valence-corrected chi connectivity index (χ3v) is 7.22. The van der Waals surface area contributed by atoms with Crippen LogP contribution in [0.3, 0.4) is 0 Å². The summed E-state index contributed by atoms with van der Waals surface area (Å²) in [7, 11) is -2.64. The van der Waals surface area contributed by atoms with Gasteiger partial charge in [-0.05, 0) is 49.9 Å². The number of rotatable bonds is 4. The van der Waals surface area contributed by atoms with Crippen molar-refractivity contribution < 1.29 is 26.3 Å². The SMILES string of the molecule is CO[C@H]1CC[C@H](S(=O)(=O)c2ccc(-c3ccc(C)nc3)cc2C(F)(F)F)C1. The highest BCUT2D eigenvalue weighted by molar-refractivity contribution is 7.92. The fraction of sp³-hybridized carbons (Fsp3) is 0.421. The molecule has 0 bridgehead atoms. The minimum Gasteiger partial charge on any atom is -0.381 e. The third kappa shape index (κ3) is 4.01. The van der Waals surface area contributed by atoms with E-state index in [1.165, 1.54) is 19.4 Å². The predicted octanol–water partition coefficient (Wildman–Crippen LogP) is 4.42. The van der Waals surface area contributed by atoms with Gasteiger partial charge in [0.2, 0.25) is 0 Å². The summed E-state index contributed by atoms with van der Waals surface area (Å²) >= 11 is 0. The zero-order valence-corrected chi connectivity index (χ0v) is 15.8. The average Bonchev–Trinajstić information content (AvgIpc) is 3.11. The summed E-state index contributed by atoms with van der Waals surface area (Å²) in [5, 5.41) is -0.865. The van der Waals surface area contributed by atoms with Crippen molar-refractivity contribution in [3.63, 3.8) is 0 Å². The lowest BCUT2D eigenvalue weighted by atomic mass is 10.0. The van der Waals surface area contributed by atoms with Crippen molar-refractivity contribution in [3.05, 3.63) is 47.8 Å². The number of hydrogen-bond acceptors (Lipinski definition) is 4. The molecule has 0 unspecified atom stereocenters. The van der Waals surface area contributed by atoms with E-state index in [1.807, 2.05) is 0 Å². The van der Waals surface area contributed by atoms with E-state index in [-0.39, 0.29) is 18.1 Å². The Balaban J connectivity index is 2.06. The Labute approximate surface area is 156 Å². The van der Waals surface area contributed by atoms with E-state index in [0.29, 0.717) is 18.4 Å². The van der Waals surface area contributed by atoms with Gasteiger partial charge in [-0.15, -0.1) is 0 Å². The molecule has 3 rings (SSSR count). The standard InChI is InChI=1S/C19H20F3NO3S/c1-12-3-4-14(11-23-12)13-5-8-18(17(9-13)19(20,21)22)27(24,25)16-7-6-15(10-16)26-2/h3-5,8-9,11,15-16H,6-7,10H2,1-2H3/t15-,16-/m0/s1. The normalized spacial score (nSPS) is 20.8. The first-order valence-electron chi connectivity index (χ1n) is 8.54. The van der Waals surface area contributed by atoms with Crippen LogP contribution in [-0.2, 0) is 20.8 Å². The van der Waals surface area contributed by atoms with Crippen molar-refractivity contribution in [1.29, 1.82) is 0 Å². The highest BCUT2D eigenvalue weighted by atomic mass is 32.2. The van der Waals surface area contributed by atoms with Crippen molar-refractivity contribution in [1.82, 2.24) is 4.98 Å². The molecule has 146 valence electrons. The Hall–Kier alpha value is -1.93. The minimum atomic E-state index is -4.78. The molecule has 1 saturated carbocycles. The van der Waals surface area contributed by atoms with E-state index in [1.54, 1.807) is 19.1 Å². The summed E-state index contributed by atoms with van der Waals surface area (Å²) in [6.45, 7) is 1.77. The zero-order valence-electron chi connectivity index (χ0n) is 15.0. The largest absolute Gasteiger partial charge is 0.417 e. The number of methoxy groups -OCH3 is 1. The molecule has 1 aliphatic carbocycles. The van der Waals surface area contributed by atoms with Gasteiger partial charge in [-0.3, -0.25) is 4.98 Å². The summed E-state index contributed by atoms with van der Waals surface area (Å²) in [6.07, 6.45) is -2.53. The number of pyridine rings is 1. The first-order chi connectivity index (χ1) is 12.6. The van der Waals surface area contributed by atoms with Crippen LogP contribution < -0.4 is 0 Å². The van der Waals surface area contributed by atoms with Gasteiger partial charge < -0.3 is 4.74 Å². The molecule has 27 heavy (non-hydrogen) atoms. The Kier molecular flexibility index (Phi) is 5.31. The Bertz CT molecular complexity index is 924. The molecular formula is C19H20F3NO3S. The smallest absolute Gasteiger partial charge is 0.381 e. The maximum Gasteiger partial charge on any atom is 0.417 e. The van der Waals surface area contributed by atoms with Gasteiger partial charge in [0, 0.05) is 24.6 Å². The molecule has 0 radical (unpaired) electrons. The van der Waals surface area contributed by atoms with Gasteiger partial charge in [0.25, 0.3) is 0 Å². The Morgan fingerprint density at radius 3 is 2.37 bits per heavy atom. The van der Waals surface area contributed by atoms with E-state index >= 15 is 0 Å². The molecule has 0 N–H and O–H groups in total. The first-order valence-corrected chi connectivity index (χ1v) is 10.1. The summed E-state index contributed by atoms with van der Waals surface area (Å²) in [5.74, 6) is 0. The maximum absolute atomic E-state index is 13.7. The number of alkyl halides is 3. The lowest BCUT2D eigenvalue weighted by molar-refractivity contribution is -0.139. The predicted molar refractivity (Wildman–Crippen MR) is 95.0 cm³/mol. The Morgan fingerprint density at radius 1 is 1.11 bits per heavy atom. The highest BCUT2D eigenvalue weighted by Gasteiger charge is 2.42. The van der Waals surface area contributed by atoms with Crippen LogP contribution in [0.5, 0.6) is 0 Å². The molecular weight excluding hydrogens is 379 g/mol. The number of aryl methyl sites for hydroxylation is 1. The van der Waals surface area contributed by atoms with Crippen LogP contribution in [0.15, 0.2) is 41.4 Å². The van der Waals surface area contributed by atoms with Gasteiger partial charge in [-0.2, -0.15) is 13.2 Å². The third-order valence-electron chi connectivity index (χ3n) is 4.94. The quantitative estimate of drug-likeness (QED) is 0.764. The molecule has 0 amide bonds. The highest BCUT2D eigenvalue weighted by Crippen LogP contribution is 2.40. The van der Waals surface area contributed by atoms with E-state index in [2.05, 4.69) is 4.98 Å². The van der Waals surface area contributed by atoms with Gasteiger partial charge in [-0.25, -0.2) is 8.42 Å². The molecule has 1 fully saturated rings. The molecule has 2 atom stereocenters. The molecule has 1 aromatic carbocycles. The summed E-state index contributed by atoms with van der Waals surface area (Å²) in [5.41, 5.74) is 0.370. The van der Waals surface area contributed by atoms with E-state index in [4.69, 9.17) is 4.74 Å². The maximum atomic E-state index is 13.7. The number of hydrogen-bond donors (Lipinski definition) is 0. The number of nitrogens with zero attached hydrogens (tertiary/aromatic N) is 1. The van der Waals surface area contributed by atoms with Gasteiger partial charge in [-0.1, -0.05) is 12.1 Å². The topological polar surface area (TPSA) is 56.3 Å². The zero-order chi connectivity index (χ0) is 19.8. The number of sulfone groups is 1. The van der Waals surface area contributed by atoms with Crippen molar-refractivity contribution in [3.8, 4) is 11.1 Å². The molecule has 0 aliphatic heterocycles. The molecule has 0 saturated heterocycles. The molecule has 4 nitrogen and oxygen atoms in total. The first kappa shape index (κ1) is 19.8.